The second kappa shape index (κ2) is 7.09. The van der Waals surface area contributed by atoms with E-state index in [-0.39, 0.29) is 12.0 Å². The Balaban J connectivity index is 1.55. The van der Waals surface area contributed by atoms with Crippen LogP contribution >= 0.6 is 0 Å². The number of ether oxygens (including phenoxy) is 1. The number of benzene rings is 2. The van der Waals surface area contributed by atoms with Crippen LogP contribution in [0.15, 0.2) is 52.9 Å². The summed E-state index contributed by atoms with van der Waals surface area (Å²) in [5, 5.41) is 11.2. The van der Waals surface area contributed by atoms with Crippen molar-refractivity contribution in [3.8, 4) is 22.9 Å². The Morgan fingerprint density at radius 2 is 1.96 bits per heavy atom. The predicted octanol–water partition coefficient (Wildman–Crippen LogP) is 3.83. The van der Waals surface area contributed by atoms with Gasteiger partial charge in [-0.3, -0.25) is 4.79 Å². The van der Waals surface area contributed by atoms with E-state index in [1.807, 2.05) is 55.5 Å². The second-order valence-electron chi connectivity index (χ2n) is 6.30. The summed E-state index contributed by atoms with van der Waals surface area (Å²) in [6.07, 6.45) is 1.31. The Hall–Kier alpha value is -2.99. The highest BCUT2D eigenvalue weighted by molar-refractivity contribution is 5.94. The number of amides is 1. The fraction of sp³-hybridized carbons (Fsp3) is 0.250. The number of aromatic nitrogens is 2. The second-order valence-corrected chi connectivity index (χ2v) is 6.30. The first-order valence-electron chi connectivity index (χ1n) is 8.63. The van der Waals surface area contributed by atoms with E-state index in [0.29, 0.717) is 24.1 Å². The fourth-order valence-corrected chi connectivity index (χ4v) is 3.00. The van der Waals surface area contributed by atoms with Crippen molar-refractivity contribution in [1.29, 1.82) is 0 Å². The maximum atomic E-state index is 12.2. The Labute approximate surface area is 151 Å². The van der Waals surface area contributed by atoms with Gasteiger partial charge in [-0.05, 0) is 49.6 Å². The molecule has 0 aliphatic carbocycles. The molecule has 132 valence electrons. The van der Waals surface area contributed by atoms with Crippen molar-refractivity contribution in [1.82, 2.24) is 10.2 Å². The summed E-state index contributed by atoms with van der Waals surface area (Å²) in [6, 6.07) is 15.2. The Kier molecular flexibility index (Phi) is 4.50. The van der Waals surface area contributed by atoms with Gasteiger partial charge in [0.2, 0.25) is 11.8 Å². The summed E-state index contributed by atoms with van der Waals surface area (Å²) in [5.74, 6) is 0.772. The first-order valence-corrected chi connectivity index (χ1v) is 8.63. The van der Waals surface area contributed by atoms with Gasteiger partial charge in [0.15, 0.2) is 0 Å². The highest BCUT2D eigenvalue weighted by atomic mass is 16.5. The van der Waals surface area contributed by atoms with Crippen LogP contribution in [0, 0.1) is 6.92 Å². The molecule has 0 bridgehead atoms. The number of aryl methyl sites for hydroxylation is 1. The van der Waals surface area contributed by atoms with Gasteiger partial charge in [0.05, 0.1) is 0 Å². The van der Waals surface area contributed by atoms with Crippen LogP contribution in [0.3, 0.4) is 0 Å². The Bertz CT molecular complexity index is 929. The molecule has 0 spiro atoms. The minimum absolute atomic E-state index is 0.120. The standard InChI is InChI=1S/C20H19N3O3/c1-13-6-2-3-9-16(13)20-23-22-19(26-20)14-7-4-8-15(12-14)21-18(24)17-10-5-11-25-17/h2-4,6-9,12,17H,5,10-11H2,1H3,(H,21,24)/t17-/m1/s1. The molecule has 1 aliphatic rings. The van der Waals surface area contributed by atoms with Gasteiger partial charge < -0.3 is 14.5 Å². The van der Waals surface area contributed by atoms with Crippen LogP contribution in [0.2, 0.25) is 0 Å². The van der Waals surface area contributed by atoms with E-state index in [9.17, 15) is 4.79 Å². The highest BCUT2D eigenvalue weighted by Gasteiger charge is 2.23. The zero-order valence-corrected chi connectivity index (χ0v) is 14.4. The average Bonchev–Trinajstić information content (AvgIpc) is 3.35. The van der Waals surface area contributed by atoms with Gasteiger partial charge in [-0.15, -0.1) is 10.2 Å². The summed E-state index contributed by atoms with van der Waals surface area (Å²) in [4.78, 5) is 12.2. The Morgan fingerprint density at radius 1 is 1.12 bits per heavy atom. The highest BCUT2D eigenvalue weighted by Crippen LogP contribution is 2.27. The van der Waals surface area contributed by atoms with Gasteiger partial charge >= 0.3 is 0 Å². The molecule has 2 heterocycles. The van der Waals surface area contributed by atoms with Crippen LogP contribution < -0.4 is 5.32 Å². The number of nitrogens with zero attached hydrogens (tertiary/aromatic N) is 2. The largest absolute Gasteiger partial charge is 0.416 e. The molecule has 1 aliphatic heterocycles. The molecule has 0 radical (unpaired) electrons. The lowest BCUT2D eigenvalue weighted by atomic mass is 10.1. The van der Waals surface area contributed by atoms with Gasteiger partial charge in [0, 0.05) is 23.4 Å². The van der Waals surface area contributed by atoms with Crippen LogP contribution in [-0.2, 0) is 9.53 Å². The van der Waals surface area contributed by atoms with E-state index >= 15 is 0 Å². The van der Waals surface area contributed by atoms with E-state index in [0.717, 1.165) is 29.5 Å². The van der Waals surface area contributed by atoms with Gasteiger partial charge in [0.1, 0.15) is 6.10 Å². The smallest absolute Gasteiger partial charge is 0.253 e. The lowest BCUT2D eigenvalue weighted by Crippen LogP contribution is -2.26. The monoisotopic (exact) mass is 349 g/mol. The van der Waals surface area contributed by atoms with Crippen LogP contribution in [0.5, 0.6) is 0 Å². The molecule has 6 heteroatoms. The number of rotatable bonds is 4. The third-order valence-electron chi connectivity index (χ3n) is 4.40. The molecule has 3 aromatic rings. The van der Waals surface area contributed by atoms with E-state index in [1.165, 1.54) is 0 Å². The molecule has 1 aromatic heterocycles. The number of carbonyl (C=O) groups excluding carboxylic acids is 1. The summed E-state index contributed by atoms with van der Waals surface area (Å²) in [7, 11) is 0. The molecule has 1 saturated heterocycles. The van der Waals surface area contributed by atoms with E-state index in [4.69, 9.17) is 9.15 Å². The first-order chi connectivity index (χ1) is 12.7. The molecule has 1 N–H and O–H groups in total. The lowest BCUT2D eigenvalue weighted by molar-refractivity contribution is -0.124. The van der Waals surface area contributed by atoms with Gasteiger partial charge in [-0.1, -0.05) is 24.3 Å². The van der Waals surface area contributed by atoms with E-state index in [2.05, 4.69) is 15.5 Å². The van der Waals surface area contributed by atoms with Crippen molar-refractivity contribution in [3.05, 3.63) is 54.1 Å². The van der Waals surface area contributed by atoms with Crippen LogP contribution in [-0.4, -0.2) is 28.8 Å². The van der Waals surface area contributed by atoms with E-state index in [1.54, 1.807) is 0 Å². The van der Waals surface area contributed by atoms with Gasteiger partial charge in [-0.25, -0.2) is 0 Å². The molecule has 1 fully saturated rings. The van der Waals surface area contributed by atoms with Crippen molar-refractivity contribution >= 4 is 11.6 Å². The SMILES string of the molecule is Cc1ccccc1-c1nnc(-c2cccc(NC(=O)[C@H]3CCCO3)c2)o1. The zero-order chi connectivity index (χ0) is 17.9. The van der Waals surface area contributed by atoms with E-state index < -0.39 is 0 Å². The maximum absolute atomic E-state index is 12.2. The number of anilines is 1. The fourth-order valence-electron chi connectivity index (χ4n) is 3.00. The minimum atomic E-state index is -0.366. The molecule has 26 heavy (non-hydrogen) atoms. The summed E-state index contributed by atoms with van der Waals surface area (Å²) < 4.78 is 11.2. The number of hydrogen-bond acceptors (Lipinski definition) is 5. The van der Waals surface area contributed by atoms with Crippen molar-refractivity contribution < 1.29 is 13.9 Å². The first kappa shape index (κ1) is 16.5. The number of carbonyl (C=O) groups is 1. The Morgan fingerprint density at radius 3 is 2.77 bits per heavy atom. The summed E-state index contributed by atoms with van der Waals surface area (Å²) in [6.45, 7) is 2.64. The minimum Gasteiger partial charge on any atom is -0.416 e. The average molecular weight is 349 g/mol. The molecule has 1 atom stereocenters. The topological polar surface area (TPSA) is 77.2 Å². The third-order valence-corrected chi connectivity index (χ3v) is 4.40. The third kappa shape index (κ3) is 3.36. The van der Waals surface area contributed by atoms with Crippen LogP contribution in [0.1, 0.15) is 18.4 Å². The predicted molar refractivity (Wildman–Crippen MR) is 97.5 cm³/mol. The summed E-state index contributed by atoms with van der Waals surface area (Å²) >= 11 is 0. The van der Waals surface area contributed by atoms with Crippen molar-refractivity contribution in [2.45, 2.75) is 25.9 Å². The van der Waals surface area contributed by atoms with Gasteiger partial charge in [0.25, 0.3) is 5.91 Å². The molecule has 0 unspecified atom stereocenters. The lowest BCUT2D eigenvalue weighted by Gasteiger charge is -2.10. The van der Waals surface area contributed by atoms with Crippen LogP contribution in [0.25, 0.3) is 22.9 Å². The van der Waals surface area contributed by atoms with Crippen molar-refractivity contribution in [2.24, 2.45) is 0 Å². The normalized spacial score (nSPS) is 16.6. The molecule has 4 rings (SSSR count). The summed E-state index contributed by atoms with van der Waals surface area (Å²) in [5.41, 5.74) is 3.41. The molecule has 6 nitrogen and oxygen atoms in total. The van der Waals surface area contributed by atoms with Crippen LogP contribution in [0.4, 0.5) is 5.69 Å². The molecule has 1 amide bonds. The number of hydrogen-bond donors (Lipinski definition) is 1. The maximum Gasteiger partial charge on any atom is 0.253 e. The van der Waals surface area contributed by atoms with Gasteiger partial charge in [-0.2, -0.15) is 0 Å². The van der Waals surface area contributed by atoms with Crippen molar-refractivity contribution in [3.63, 3.8) is 0 Å². The molecular formula is C20H19N3O3. The quantitative estimate of drug-likeness (QED) is 0.774. The van der Waals surface area contributed by atoms with Crippen molar-refractivity contribution in [2.75, 3.05) is 11.9 Å². The molecular weight excluding hydrogens is 330 g/mol. The number of nitrogens with one attached hydrogen (secondary N) is 1. The zero-order valence-electron chi connectivity index (χ0n) is 14.4. The molecule has 0 saturated carbocycles. The molecule has 2 aromatic carbocycles.